The Morgan fingerprint density at radius 2 is 1.83 bits per heavy atom. The molecule has 1 aromatic carbocycles. The van der Waals surface area contributed by atoms with Gasteiger partial charge >= 0.3 is 0 Å². The van der Waals surface area contributed by atoms with Crippen molar-refractivity contribution in [3.8, 4) is 22.6 Å². The first-order chi connectivity index (χ1) is 14.4. The number of hydrogen-bond acceptors (Lipinski definition) is 7. The van der Waals surface area contributed by atoms with Gasteiger partial charge in [-0.2, -0.15) is 4.98 Å². The maximum atomic E-state index is 6.34. The van der Waals surface area contributed by atoms with Crippen LogP contribution in [0.25, 0.3) is 21.3 Å². The molecule has 3 heterocycles. The second-order valence-corrected chi connectivity index (χ2v) is 9.29. The normalized spacial score (nSPS) is 15.5. The highest BCUT2D eigenvalue weighted by Gasteiger charge is 2.26. The van der Waals surface area contributed by atoms with Crippen LogP contribution in [0.2, 0.25) is 5.28 Å². The van der Waals surface area contributed by atoms with Crippen molar-refractivity contribution in [1.29, 1.82) is 0 Å². The predicted octanol–water partition coefficient (Wildman–Crippen LogP) is 4.87. The predicted molar refractivity (Wildman–Crippen MR) is 125 cm³/mol. The first-order valence-electron chi connectivity index (χ1n) is 10.0. The van der Waals surface area contributed by atoms with Crippen molar-refractivity contribution in [3.05, 3.63) is 28.4 Å². The molecule has 1 saturated heterocycles. The number of ether oxygens (including phenoxy) is 2. The number of piperidine rings is 1. The van der Waals surface area contributed by atoms with Crippen LogP contribution in [0.3, 0.4) is 0 Å². The lowest BCUT2D eigenvalue weighted by molar-refractivity contribution is 0.252. The van der Waals surface area contributed by atoms with Crippen LogP contribution in [-0.4, -0.2) is 62.3 Å². The minimum absolute atomic E-state index is 0.289. The molecule has 0 aliphatic carbocycles. The molecule has 0 atom stereocenters. The molecular weight excluding hydrogens is 420 g/mol. The number of halogens is 1. The molecule has 1 aliphatic heterocycles. The van der Waals surface area contributed by atoms with Gasteiger partial charge in [-0.25, -0.2) is 4.98 Å². The Kier molecular flexibility index (Phi) is 6.04. The van der Waals surface area contributed by atoms with E-state index in [1.807, 2.05) is 12.1 Å². The Morgan fingerprint density at radius 1 is 1.13 bits per heavy atom. The summed E-state index contributed by atoms with van der Waals surface area (Å²) in [6, 6.07) is 6.44. The number of aromatic nitrogens is 2. The van der Waals surface area contributed by atoms with Crippen molar-refractivity contribution in [2.75, 3.05) is 46.3 Å². The van der Waals surface area contributed by atoms with Crippen LogP contribution >= 0.6 is 22.9 Å². The van der Waals surface area contributed by atoms with Crippen molar-refractivity contribution >= 4 is 39.0 Å². The van der Waals surface area contributed by atoms with E-state index in [9.17, 15) is 0 Å². The second-order valence-electron chi connectivity index (χ2n) is 7.74. The number of fused-ring (bicyclic) bond motifs is 1. The smallest absolute Gasteiger partial charge is 0.225 e. The molecule has 0 unspecified atom stereocenters. The summed E-state index contributed by atoms with van der Waals surface area (Å²) in [4.78, 5) is 16.0. The van der Waals surface area contributed by atoms with Gasteiger partial charge < -0.3 is 19.3 Å². The zero-order valence-electron chi connectivity index (χ0n) is 18.0. The van der Waals surface area contributed by atoms with Crippen molar-refractivity contribution in [1.82, 2.24) is 14.9 Å². The van der Waals surface area contributed by atoms with Gasteiger partial charge in [0.05, 0.1) is 19.6 Å². The zero-order valence-corrected chi connectivity index (χ0v) is 19.6. The summed E-state index contributed by atoms with van der Waals surface area (Å²) in [6.45, 7) is 4.29. The lowest BCUT2D eigenvalue weighted by Crippen LogP contribution is -2.42. The molecule has 0 saturated carbocycles. The fraction of sp³-hybridized carbons (Fsp3) is 0.455. The maximum absolute atomic E-state index is 6.34. The number of benzene rings is 1. The minimum atomic E-state index is 0.289. The SMILES string of the molecule is COc1ccc(-c2c(C)sc3nc(Cl)nc(N(C)C4CCN(C)CC4)c23)cc1OC. The van der Waals surface area contributed by atoms with E-state index in [2.05, 4.69) is 46.9 Å². The van der Waals surface area contributed by atoms with Gasteiger partial charge in [0, 0.05) is 23.5 Å². The van der Waals surface area contributed by atoms with Gasteiger partial charge in [0.1, 0.15) is 10.6 Å². The largest absolute Gasteiger partial charge is 0.493 e. The third-order valence-electron chi connectivity index (χ3n) is 5.92. The maximum Gasteiger partial charge on any atom is 0.225 e. The summed E-state index contributed by atoms with van der Waals surface area (Å²) in [6.07, 6.45) is 2.20. The van der Waals surface area contributed by atoms with E-state index in [1.165, 1.54) is 4.88 Å². The molecule has 0 radical (unpaired) electrons. The van der Waals surface area contributed by atoms with Gasteiger partial charge in [0.2, 0.25) is 5.28 Å². The van der Waals surface area contributed by atoms with E-state index < -0.39 is 0 Å². The Morgan fingerprint density at radius 3 is 2.50 bits per heavy atom. The van der Waals surface area contributed by atoms with Crippen LogP contribution in [0.1, 0.15) is 17.7 Å². The van der Waals surface area contributed by atoms with Crippen LogP contribution in [0.4, 0.5) is 5.82 Å². The van der Waals surface area contributed by atoms with E-state index in [0.717, 1.165) is 53.1 Å². The van der Waals surface area contributed by atoms with Crippen molar-refractivity contribution in [3.63, 3.8) is 0 Å². The summed E-state index contributed by atoms with van der Waals surface area (Å²) in [5.41, 5.74) is 2.18. The number of methoxy groups -OCH3 is 2. The van der Waals surface area contributed by atoms with E-state index in [0.29, 0.717) is 17.5 Å². The van der Waals surface area contributed by atoms with E-state index in [-0.39, 0.29) is 5.28 Å². The Bertz CT molecular complexity index is 1060. The van der Waals surface area contributed by atoms with E-state index in [4.69, 9.17) is 21.1 Å². The van der Waals surface area contributed by atoms with Crippen LogP contribution in [0.5, 0.6) is 11.5 Å². The van der Waals surface area contributed by atoms with Gasteiger partial charge in [-0.3, -0.25) is 0 Å². The third kappa shape index (κ3) is 3.82. The number of anilines is 1. The second kappa shape index (κ2) is 8.57. The topological polar surface area (TPSA) is 50.7 Å². The van der Waals surface area contributed by atoms with Crippen LogP contribution in [0, 0.1) is 6.92 Å². The lowest BCUT2D eigenvalue weighted by atomic mass is 10.0. The fourth-order valence-electron chi connectivity index (χ4n) is 4.22. The molecule has 0 amide bonds. The molecule has 0 N–H and O–H groups in total. The first-order valence-corrected chi connectivity index (χ1v) is 11.2. The van der Waals surface area contributed by atoms with Gasteiger partial charge in [-0.05, 0) is 69.2 Å². The molecule has 160 valence electrons. The summed E-state index contributed by atoms with van der Waals surface area (Å²) in [5.74, 6) is 2.31. The molecule has 30 heavy (non-hydrogen) atoms. The van der Waals surface area contributed by atoms with Crippen molar-refractivity contribution in [2.24, 2.45) is 0 Å². The lowest BCUT2D eigenvalue weighted by Gasteiger charge is -2.36. The van der Waals surface area contributed by atoms with Crippen molar-refractivity contribution < 1.29 is 9.47 Å². The number of rotatable bonds is 5. The molecule has 1 aliphatic rings. The molecular formula is C22H27ClN4O2S. The zero-order chi connectivity index (χ0) is 21.4. The average molecular weight is 447 g/mol. The molecule has 0 spiro atoms. The Labute approximate surface area is 186 Å². The summed E-state index contributed by atoms with van der Waals surface area (Å²) >= 11 is 7.99. The number of likely N-dealkylation sites (tertiary alicyclic amines) is 1. The summed E-state index contributed by atoms with van der Waals surface area (Å²) in [7, 11) is 7.60. The highest BCUT2D eigenvalue weighted by atomic mass is 35.5. The van der Waals surface area contributed by atoms with E-state index >= 15 is 0 Å². The molecule has 4 rings (SSSR count). The van der Waals surface area contributed by atoms with Gasteiger partial charge in [0.25, 0.3) is 0 Å². The van der Waals surface area contributed by atoms with Gasteiger partial charge in [-0.1, -0.05) is 6.07 Å². The van der Waals surface area contributed by atoms with E-state index in [1.54, 1.807) is 25.6 Å². The van der Waals surface area contributed by atoms with Gasteiger partial charge in [-0.15, -0.1) is 11.3 Å². The fourth-order valence-corrected chi connectivity index (χ4v) is 5.47. The molecule has 1 fully saturated rings. The van der Waals surface area contributed by atoms with Crippen LogP contribution in [0.15, 0.2) is 18.2 Å². The molecule has 6 nitrogen and oxygen atoms in total. The number of aryl methyl sites for hydroxylation is 1. The standard InChI is InChI=1S/C22H27ClN4O2S/c1-13-18(14-6-7-16(28-4)17(12-14)29-5)19-20(24-22(23)25-21(19)30-13)27(3)15-8-10-26(2)11-9-15/h6-7,12,15H,8-11H2,1-5H3. The molecule has 3 aromatic rings. The van der Waals surface area contributed by atoms with Crippen LogP contribution in [-0.2, 0) is 0 Å². The molecule has 2 aromatic heterocycles. The quantitative estimate of drug-likeness (QED) is 0.521. The number of nitrogens with zero attached hydrogens (tertiary/aromatic N) is 4. The summed E-state index contributed by atoms with van der Waals surface area (Å²) < 4.78 is 11.0. The van der Waals surface area contributed by atoms with Gasteiger partial charge in [0.15, 0.2) is 11.5 Å². The monoisotopic (exact) mass is 446 g/mol. The molecule has 8 heteroatoms. The van der Waals surface area contributed by atoms with Crippen LogP contribution < -0.4 is 14.4 Å². The number of hydrogen-bond donors (Lipinski definition) is 0. The van der Waals surface area contributed by atoms with Crippen molar-refractivity contribution in [2.45, 2.75) is 25.8 Å². The minimum Gasteiger partial charge on any atom is -0.493 e. The highest BCUT2D eigenvalue weighted by molar-refractivity contribution is 7.19. The number of thiophene rings is 1. The molecule has 0 bridgehead atoms. The average Bonchev–Trinajstić information content (AvgIpc) is 3.08. The first kappa shape index (κ1) is 21.2. The Balaban J connectivity index is 1.86. The summed E-state index contributed by atoms with van der Waals surface area (Å²) in [5, 5.41) is 1.34. The third-order valence-corrected chi connectivity index (χ3v) is 7.09. The highest BCUT2D eigenvalue weighted by Crippen LogP contribution is 2.44. The Hall–Kier alpha value is -2.09.